The number of aryl methyl sites for hydroxylation is 2. The summed E-state index contributed by atoms with van der Waals surface area (Å²) in [5.74, 6) is 0.864. The lowest BCUT2D eigenvalue weighted by atomic mass is 10.1. The summed E-state index contributed by atoms with van der Waals surface area (Å²) >= 11 is 0. The molecule has 3 aromatic rings. The van der Waals surface area contributed by atoms with Crippen LogP contribution in [-0.4, -0.2) is 9.72 Å². The van der Waals surface area contributed by atoms with E-state index in [0.29, 0.717) is 6.54 Å². The molecule has 5 nitrogen and oxygen atoms in total. The summed E-state index contributed by atoms with van der Waals surface area (Å²) in [7, 11) is 0. The lowest BCUT2D eigenvalue weighted by Gasteiger charge is -2.08. The Bertz CT molecular complexity index is 843. The highest BCUT2D eigenvalue weighted by atomic mass is 16.5. The molecule has 0 bridgehead atoms. The number of pyridine rings is 1. The Labute approximate surface area is 140 Å². The molecule has 2 aromatic heterocycles. The van der Waals surface area contributed by atoms with E-state index in [1.807, 2.05) is 19.9 Å². The summed E-state index contributed by atoms with van der Waals surface area (Å²) in [4.78, 5) is 11.7. The number of nitrogens with one attached hydrogen (secondary N) is 1. The smallest absolute Gasteiger partial charge is 0.250 e. The van der Waals surface area contributed by atoms with E-state index in [2.05, 4.69) is 34.7 Å². The predicted molar refractivity (Wildman–Crippen MR) is 92.8 cm³/mol. The number of hydrogen-bond donors (Lipinski definition) is 1. The van der Waals surface area contributed by atoms with Gasteiger partial charge in [-0.15, -0.1) is 0 Å². The van der Waals surface area contributed by atoms with E-state index in [4.69, 9.17) is 4.52 Å². The number of benzene rings is 1. The van der Waals surface area contributed by atoms with Crippen LogP contribution in [0.1, 0.15) is 28.1 Å². The second-order valence-corrected chi connectivity index (χ2v) is 5.89. The fraction of sp³-hybridized carbons (Fsp3) is 0.263. The van der Waals surface area contributed by atoms with Crippen molar-refractivity contribution >= 4 is 0 Å². The molecule has 0 fully saturated rings. The van der Waals surface area contributed by atoms with Crippen molar-refractivity contribution in [3.05, 3.63) is 87.2 Å². The maximum Gasteiger partial charge on any atom is 0.250 e. The first-order chi connectivity index (χ1) is 11.6. The van der Waals surface area contributed by atoms with Crippen LogP contribution in [-0.2, 0) is 19.6 Å². The van der Waals surface area contributed by atoms with Crippen molar-refractivity contribution in [3.63, 3.8) is 0 Å². The molecular weight excluding hydrogens is 302 g/mol. The van der Waals surface area contributed by atoms with Crippen LogP contribution in [0.2, 0.25) is 0 Å². The zero-order valence-electron chi connectivity index (χ0n) is 14.0. The van der Waals surface area contributed by atoms with E-state index in [-0.39, 0.29) is 5.56 Å². The molecule has 0 amide bonds. The highest BCUT2D eigenvalue weighted by Crippen LogP contribution is 2.12. The molecule has 3 rings (SSSR count). The average Bonchev–Trinajstić information content (AvgIpc) is 2.90. The topological polar surface area (TPSA) is 60.1 Å². The summed E-state index contributed by atoms with van der Waals surface area (Å²) < 4.78 is 6.86. The number of hydrogen-bond acceptors (Lipinski definition) is 4. The minimum atomic E-state index is 0.0164. The summed E-state index contributed by atoms with van der Waals surface area (Å²) in [6.45, 7) is 5.98. The third-order valence-electron chi connectivity index (χ3n) is 4.09. The van der Waals surface area contributed by atoms with Gasteiger partial charge in [0.05, 0.1) is 12.2 Å². The quantitative estimate of drug-likeness (QED) is 0.758. The third-order valence-corrected chi connectivity index (χ3v) is 4.09. The van der Waals surface area contributed by atoms with Crippen molar-refractivity contribution in [2.75, 3.05) is 0 Å². The zero-order chi connectivity index (χ0) is 16.9. The molecule has 0 unspecified atom stereocenters. The molecule has 0 atom stereocenters. The van der Waals surface area contributed by atoms with E-state index in [1.165, 1.54) is 5.56 Å². The van der Waals surface area contributed by atoms with Gasteiger partial charge in [-0.1, -0.05) is 35.5 Å². The molecule has 124 valence electrons. The molecule has 0 aliphatic rings. The Hall–Kier alpha value is -2.66. The van der Waals surface area contributed by atoms with Crippen molar-refractivity contribution in [3.8, 4) is 0 Å². The third kappa shape index (κ3) is 3.81. The average molecular weight is 323 g/mol. The minimum Gasteiger partial charge on any atom is -0.361 e. The fourth-order valence-corrected chi connectivity index (χ4v) is 2.64. The second kappa shape index (κ2) is 7.27. The summed E-state index contributed by atoms with van der Waals surface area (Å²) in [5.41, 5.74) is 4.38. The highest BCUT2D eigenvalue weighted by Gasteiger charge is 2.07. The Morgan fingerprint density at radius 3 is 2.46 bits per heavy atom. The summed E-state index contributed by atoms with van der Waals surface area (Å²) in [6, 6.07) is 13.5. The van der Waals surface area contributed by atoms with Crippen LogP contribution in [0.5, 0.6) is 0 Å². The summed E-state index contributed by atoms with van der Waals surface area (Å²) in [5, 5.41) is 7.37. The van der Waals surface area contributed by atoms with Gasteiger partial charge >= 0.3 is 0 Å². The van der Waals surface area contributed by atoms with Gasteiger partial charge in [0.2, 0.25) is 0 Å². The van der Waals surface area contributed by atoms with Crippen LogP contribution in [0.4, 0.5) is 0 Å². The van der Waals surface area contributed by atoms with Gasteiger partial charge in [-0.2, -0.15) is 0 Å². The van der Waals surface area contributed by atoms with Gasteiger partial charge in [0, 0.05) is 30.9 Å². The molecule has 0 radical (unpaired) electrons. The van der Waals surface area contributed by atoms with E-state index in [0.717, 1.165) is 35.7 Å². The van der Waals surface area contributed by atoms with E-state index in [1.54, 1.807) is 22.9 Å². The Morgan fingerprint density at radius 2 is 1.79 bits per heavy atom. The van der Waals surface area contributed by atoms with E-state index in [9.17, 15) is 4.79 Å². The predicted octanol–water partition coefficient (Wildman–Crippen LogP) is 2.79. The number of aromatic nitrogens is 2. The van der Waals surface area contributed by atoms with Crippen LogP contribution in [0.25, 0.3) is 0 Å². The van der Waals surface area contributed by atoms with Crippen LogP contribution in [0.3, 0.4) is 0 Å². The second-order valence-electron chi connectivity index (χ2n) is 5.89. The number of nitrogens with zero attached hydrogens (tertiary/aromatic N) is 2. The Kier molecular flexibility index (Phi) is 4.91. The van der Waals surface area contributed by atoms with Crippen LogP contribution in [0.15, 0.2) is 58.0 Å². The van der Waals surface area contributed by atoms with Gasteiger partial charge in [0.1, 0.15) is 5.76 Å². The van der Waals surface area contributed by atoms with Crippen molar-refractivity contribution in [1.29, 1.82) is 0 Å². The molecular formula is C19H21N3O2. The van der Waals surface area contributed by atoms with Gasteiger partial charge in [0.25, 0.3) is 5.56 Å². The molecule has 0 aliphatic heterocycles. The van der Waals surface area contributed by atoms with Crippen LogP contribution < -0.4 is 10.9 Å². The molecule has 0 spiro atoms. The van der Waals surface area contributed by atoms with Gasteiger partial charge in [-0.05, 0) is 31.0 Å². The largest absolute Gasteiger partial charge is 0.361 e. The van der Waals surface area contributed by atoms with Crippen molar-refractivity contribution in [1.82, 2.24) is 15.0 Å². The first-order valence-corrected chi connectivity index (χ1v) is 7.99. The first kappa shape index (κ1) is 16.2. The highest BCUT2D eigenvalue weighted by molar-refractivity contribution is 5.24. The maximum absolute atomic E-state index is 11.7. The van der Waals surface area contributed by atoms with Crippen molar-refractivity contribution in [2.24, 2.45) is 0 Å². The van der Waals surface area contributed by atoms with E-state index < -0.39 is 0 Å². The Balaban J connectivity index is 1.57. The molecule has 0 saturated heterocycles. The van der Waals surface area contributed by atoms with Crippen LogP contribution >= 0.6 is 0 Å². The molecule has 24 heavy (non-hydrogen) atoms. The van der Waals surface area contributed by atoms with Gasteiger partial charge in [0.15, 0.2) is 0 Å². The van der Waals surface area contributed by atoms with Gasteiger partial charge in [-0.3, -0.25) is 4.79 Å². The normalized spacial score (nSPS) is 10.9. The van der Waals surface area contributed by atoms with E-state index >= 15 is 0 Å². The zero-order valence-corrected chi connectivity index (χ0v) is 14.0. The standard InChI is InChI=1S/C19H21N3O2/c1-14-18(15(2)24-21-14)12-20-11-16-6-8-17(9-7-16)13-22-10-4-3-5-19(22)23/h3-10,20H,11-13H2,1-2H3. The lowest BCUT2D eigenvalue weighted by Crippen LogP contribution is -2.18. The van der Waals surface area contributed by atoms with Crippen molar-refractivity contribution in [2.45, 2.75) is 33.5 Å². The van der Waals surface area contributed by atoms with Gasteiger partial charge < -0.3 is 14.4 Å². The molecule has 1 aromatic carbocycles. The monoisotopic (exact) mass is 323 g/mol. The molecule has 5 heteroatoms. The molecule has 0 saturated carbocycles. The van der Waals surface area contributed by atoms with Crippen molar-refractivity contribution < 1.29 is 4.52 Å². The first-order valence-electron chi connectivity index (χ1n) is 7.99. The SMILES string of the molecule is Cc1noc(C)c1CNCc1ccc(Cn2ccccc2=O)cc1. The molecule has 1 N–H and O–H groups in total. The van der Waals surface area contributed by atoms with Gasteiger partial charge in [-0.25, -0.2) is 0 Å². The lowest BCUT2D eigenvalue weighted by molar-refractivity contribution is 0.392. The maximum atomic E-state index is 11.7. The number of rotatable bonds is 6. The minimum absolute atomic E-state index is 0.0164. The summed E-state index contributed by atoms with van der Waals surface area (Å²) in [6.07, 6.45) is 1.81. The fourth-order valence-electron chi connectivity index (χ4n) is 2.64. The Morgan fingerprint density at radius 1 is 1.04 bits per heavy atom. The molecule has 2 heterocycles. The van der Waals surface area contributed by atoms with Crippen LogP contribution in [0, 0.1) is 13.8 Å². The molecule has 0 aliphatic carbocycles.